The van der Waals surface area contributed by atoms with Crippen molar-refractivity contribution in [2.75, 3.05) is 0 Å². The smallest absolute Gasteiger partial charge is 0.0635 e. The van der Waals surface area contributed by atoms with Crippen molar-refractivity contribution in [2.24, 2.45) is 0 Å². The van der Waals surface area contributed by atoms with Gasteiger partial charge in [0.15, 0.2) is 0 Å². The van der Waals surface area contributed by atoms with Crippen LogP contribution in [0.25, 0.3) is 237 Å². The Hall–Kier alpha value is -18.2. The first-order valence-corrected chi connectivity index (χ1v) is 46.3. The second-order valence-electron chi connectivity index (χ2n) is 35.1. The first-order chi connectivity index (χ1) is 67.0. The molecule has 135 heavy (non-hydrogen) atoms. The molecule has 0 unspecified atom stereocenters. The Morgan fingerprint density at radius 1 is 0.104 bits per heavy atom. The lowest BCUT2D eigenvalue weighted by molar-refractivity contribution is 1.10. The van der Waals surface area contributed by atoms with Gasteiger partial charge in [-0.2, -0.15) is 0 Å². The summed E-state index contributed by atoms with van der Waals surface area (Å²) in [5.74, 6) is 0. The van der Waals surface area contributed by atoms with Crippen molar-refractivity contribution in [2.45, 2.75) is 0 Å². The van der Waals surface area contributed by atoms with E-state index in [1.807, 2.05) is 0 Å². The van der Waals surface area contributed by atoms with Crippen LogP contribution < -0.4 is 0 Å². The highest BCUT2D eigenvalue weighted by molar-refractivity contribution is 6.22. The van der Waals surface area contributed by atoms with E-state index in [2.05, 4.69) is 545 Å². The van der Waals surface area contributed by atoms with Crippen LogP contribution in [-0.4, -0.2) is 41.1 Å². The lowest BCUT2D eigenvalue weighted by Gasteiger charge is -2.15. The molecule has 9 heterocycles. The maximum atomic E-state index is 2.42. The Bertz CT molecular complexity index is 9640. The van der Waals surface area contributed by atoms with Gasteiger partial charge in [0.1, 0.15) is 0 Å². The third-order valence-electron chi connectivity index (χ3n) is 27.8. The summed E-state index contributed by atoms with van der Waals surface area (Å²) in [5, 5.41) is 18.9. The molecule has 29 rings (SSSR count). The maximum Gasteiger partial charge on any atom is 0.0635 e. The Kier molecular flexibility index (Phi) is 17.8. The molecule has 9 aromatic heterocycles. The second-order valence-corrected chi connectivity index (χ2v) is 35.1. The third-order valence-corrected chi connectivity index (χ3v) is 27.8. The molecule has 632 valence electrons. The van der Waals surface area contributed by atoms with Crippen LogP contribution in [0.15, 0.2) is 504 Å². The molecule has 0 radical (unpaired) electrons. The molecular formula is C126H83N9. The molecule has 9 heteroatoms. The lowest BCUT2D eigenvalue weighted by Crippen LogP contribution is -1.99. The average Bonchev–Trinajstić information content (AvgIpc) is 1.58. The summed E-state index contributed by atoms with van der Waals surface area (Å²) in [4.78, 5) is 0. The minimum atomic E-state index is 1.12. The van der Waals surface area contributed by atoms with E-state index in [1.54, 1.807) is 0 Å². The van der Waals surface area contributed by atoms with Crippen molar-refractivity contribution in [1.82, 2.24) is 41.1 Å². The van der Waals surface area contributed by atoms with Gasteiger partial charge >= 0.3 is 0 Å². The van der Waals surface area contributed by atoms with Gasteiger partial charge in [-0.15, -0.1) is 0 Å². The molecular weight excluding hydrogens is 1640 g/mol. The molecule has 9 nitrogen and oxygen atoms in total. The molecule has 0 bridgehead atoms. The van der Waals surface area contributed by atoms with Crippen molar-refractivity contribution < 1.29 is 0 Å². The minimum absolute atomic E-state index is 1.12. The number of hydrogen-bond acceptors (Lipinski definition) is 0. The molecule has 0 aliphatic rings. The summed E-state index contributed by atoms with van der Waals surface area (Å²) in [7, 11) is 0. The number of hydrogen-bond donors (Lipinski definition) is 0. The first kappa shape index (κ1) is 76.8. The zero-order valence-corrected chi connectivity index (χ0v) is 73.4. The van der Waals surface area contributed by atoms with Crippen LogP contribution in [0.2, 0.25) is 0 Å². The van der Waals surface area contributed by atoms with Crippen molar-refractivity contribution in [1.29, 1.82) is 0 Å². The zero-order valence-electron chi connectivity index (χ0n) is 73.4. The number of benzene rings is 20. The quantitative estimate of drug-likeness (QED) is 0.124. The fourth-order valence-corrected chi connectivity index (χ4v) is 21.9. The van der Waals surface area contributed by atoms with E-state index >= 15 is 0 Å². The van der Waals surface area contributed by atoms with E-state index in [1.165, 1.54) is 203 Å². The van der Waals surface area contributed by atoms with Crippen LogP contribution in [0.3, 0.4) is 0 Å². The standard InChI is InChI=1S/2C44H29N3.C38H25N3/c1-3-13-30(14-4-1)31-27-33(29-34(28-31)46-41-20-10-7-17-35(41)36-18-8-11-21-42(36)46)45-26-25-39-40(45)24-23-38-37-19-9-12-22-43(37)47(44(38)39)32-15-5-2-6-16-32;1-3-12-30(13-4-1)31-22-24-43-39(28-31)36-19-8-9-20-41(36)46(43)34-17-11-16-33(29-34)45-27-26-38-40(45)25-23-37-35-18-7-10-21-42(35)47(44(37)38)32-14-5-2-6-15-32;1-2-11-26(12-3-1)41-37-20-9-6-17-31(37)32-21-22-34-33(38(32)41)23-24-39(34)27-13-10-14-28(25-27)40-35-18-7-4-15-29(35)30-16-5-8-19-36(30)40/h2*1-29H;1-25H. The zero-order chi connectivity index (χ0) is 88.7. The average molecular weight is 1720 g/mol. The SMILES string of the molecule is c1ccc(-c2cc(-n3ccc4c3ccc3c5ccccc5n(-c5ccccc5)c34)cc(-n3c4ccccc4c4ccccc43)c2)cc1.c1ccc(-c2ccc3c(c2)c2ccccc2n3-c2cccc(-n3ccc4c3ccc3c5ccccc5n(-c5ccccc5)c34)c2)cc1.c1ccc(-n2c3ccccc3c3ccc4c(ccn4-c4cccc(-n5c6ccccc6c6ccccc65)c4)c32)cc1. The monoisotopic (exact) mass is 1720 g/mol. The summed E-state index contributed by atoms with van der Waals surface area (Å²) < 4.78 is 21.4. The van der Waals surface area contributed by atoms with Gasteiger partial charge in [-0.3, -0.25) is 0 Å². The van der Waals surface area contributed by atoms with Crippen molar-refractivity contribution >= 4 is 164 Å². The molecule has 0 saturated carbocycles. The van der Waals surface area contributed by atoms with Crippen LogP contribution in [-0.2, 0) is 0 Å². The van der Waals surface area contributed by atoms with Crippen LogP contribution in [0.4, 0.5) is 0 Å². The Morgan fingerprint density at radius 3 is 0.704 bits per heavy atom. The summed E-state index contributed by atoms with van der Waals surface area (Å²) in [6.45, 7) is 0. The van der Waals surface area contributed by atoms with Crippen LogP contribution >= 0.6 is 0 Å². The lowest BCUT2D eigenvalue weighted by atomic mass is 10.0. The number of para-hydroxylation sites is 11. The van der Waals surface area contributed by atoms with Crippen molar-refractivity contribution in [3.8, 4) is 73.4 Å². The highest BCUT2D eigenvalue weighted by Gasteiger charge is 2.25. The van der Waals surface area contributed by atoms with Gasteiger partial charge in [0.2, 0.25) is 0 Å². The maximum absolute atomic E-state index is 2.42. The molecule has 0 aliphatic heterocycles. The molecule has 0 fully saturated rings. The summed E-state index contributed by atoms with van der Waals surface area (Å²) in [6.07, 6.45) is 6.66. The number of nitrogens with zero attached hydrogens (tertiary/aromatic N) is 9. The van der Waals surface area contributed by atoms with E-state index in [0.29, 0.717) is 0 Å². The normalized spacial score (nSPS) is 11.9. The van der Waals surface area contributed by atoms with Crippen molar-refractivity contribution in [3.63, 3.8) is 0 Å². The molecule has 29 aromatic rings. The topological polar surface area (TPSA) is 44.4 Å². The second kappa shape index (κ2) is 31.3. The summed E-state index contributed by atoms with van der Waals surface area (Å²) >= 11 is 0. The summed E-state index contributed by atoms with van der Waals surface area (Å²) in [5.41, 5.74) is 33.4. The fourth-order valence-electron chi connectivity index (χ4n) is 21.9. The van der Waals surface area contributed by atoms with Gasteiger partial charge in [-0.25, -0.2) is 0 Å². The van der Waals surface area contributed by atoms with E-state index in [-0.39, 0.29) is 0 Å². The number of aromatic nitrogens is 9. The molecule has 20 aromatic carbocycles. The third kappa shape index (κ3) is 12.3. The summed E-state index contributed by atoms with van der Waals surface area (Å²) in [6, 6.07) is 175. The highest BCUT2D eigenvalue weighted by Crippen LogP contribution is 2.46. The van der Waals surface area contributed by atoms with Crippen LogP contribution in [0.1, 0.15) is 0 Å². The molecule has 0 N–H and O–H groups in total. The van der Waals surface area contributed by atoms with Gasteiger partial charge in [0, 0.05) is 151 Å². The predicted octanol–water partition coefficient (Wildman–Crippen LogP) is 32.8. The van der Waals surface area contributed by atoms with Crippen LogP contribution in [0.5, 0.6) is 0 Å². The van der Waals surface area contributed by atoms with E-state index in [4.69, 9.17) is 0 Å². The Morgan fingerprint density at radius 2 is 0.348 bits per heavy atom. The first-order valence-electron chi connectivity index (χ1n) is 46.3. The highest BCUT2D eigenvalue weighted by atomic mass is 15.1. The van der Waals surface area contributed by atoms with Gasteiger partial charge in [-0.05, 0) is 210 Å². The largest absolute Gasteiger partial charge is 0.316 e. The van der Waals surface area contributed by atoms with E-state index in [0.717, 1.165) is 34.1 Å². The molecule has 0 atom stereocenters. The predicted molar refractivity (Wildman–Crippen MR) is 567 cm³/mol. The Labute approximate surface area is 776 Å². The molecule has 0 aliphatic carbocycles. The van der Waals surface area contributed by atoms with Gasteiger partial charge < -0.3 is 41.1 Å². The van der Waals surface area contributed by atoms with Crippen molar-refractivity contribution in [3.05, 3.63) is 504 Å². The number of fused-ring (bicyclic) bond motifs is 24. The minimum Gasteiger partial charge on any atom is -0.316 e. The van der Waals surface area contributed by atoms with E-state index < -0.39 is 0 Å². The van der Waals surface area contributed by atoms with Gasteiger partial charge in [0.25, 0.3) is 0 Å². The van der Waals surface area contributed by atoms with E-state index in [9.17, 15) is 0 Å². The van der Waals surface area contributed by atoms with Gasteiger partial charge in [0.05, 0.1) is 82.8 Å². The molecule has 0 spiro atoms. The fraction of sp³-hybridized carbons (Fsp3) is 0. The Balaban J connectivity index is 0.000000103. The molecule has 0 amide bonds. The molecule has 0 saturated heterocycles. The van der Waals surface area contributed by atoms with Gasteiger partial charge in [-0.1, -0.05) is 297 Å². The van der Waals surface area contributed by atoms with Crippen LogP contribution in [0, 0.1) is 0 Å². The number of rotatable bonds is 11.